The number of thioether (sulfide) groups is 1. The Morgan fingerprint density at radius 3 is 2.79 bits per heavy atom. The molecule has 19 heavy (non-hydrogen) atoms. The number of aromatic nitrogens is 4. The molecule has 0 aromatic carbocycles. The van der Waals surface area contributed by atoms with Gasteiger partial charge in [-0.05, 0) is 36.7 Å². The van der Waals surface area contributed by atoms with Crippen molar-refractivity contribution in [3.63, 3.8) is 0 Å². The molecule has 0 bridgehead atoms. The SMILES string of the molecule is CC(C)CNCCn1nnnc1SCCOC(C)C. The van der Waals surface area contributed by atoms with E-state index in [-0.39, 0.29) is 6.10 Å². The Hall–Kier alpha value is -0.660. The summed E-state index contributed by atoms with van der Waals surface area (Å²) in [5.74, 6) is 1.54. The molecule has 0 aliphatic rings. The van der Waals surface area contributed by atoms with E-state index in [9.17, 15) is 0 Å². The summed E-state index contributed by atoms with van der Waals surface area (Å²) in [6.07, 6.45) is 0.275. The van der Waals surface area contributed by atoms with Crippen LogP contribution in [0.1, 0.15) is 27.7 Å². The van der Waals surface area contributed by atoms with Crippen molar-refractivity contribution in [2.24, 2.45) is 5.92 Å². The maximum Gasteiger partial charge on any atom is 0.209 e. The van der Waals surface area contributed by atoms with Crippen molar-refractivity contribution < 1.29 is 4.74 Å². The summed E-state index contributed by atoms with van der Waals surface area (Å²) >= 11 is 1.63. The highest BCUT2D eigenvalue weighted by atomic mass is 32.2. The highest BCUT2D eigenvalue weighted by Gasteiger charge is 2.06. The molecule has 0 saturated carbocycles. The molecule has 0 aliphatic carbocycles. The van der Waals surface area contributed by atoms with E-state index < -0.39 is 0 Å². The van der Waals surface area contributed by atoms with Crippen LogP contribution in [0.25, 0.3) is 0 Å². The zero-order valence-electron chi connectivity index (χ0n) is 12.3. The normalized spacial score (nSPS) is 11.7. The number of nitrogens with one attached hydrogen (secondary N) is 1. The molecule has 110 valence electrons. The minimum Gasteiger partial charge on any atom is -0.378 e. The lowest BCUT2D eigenvalue weighted by Crippen LogP contribution is -2.24. The van der Waals surface area contributed by atoms with Crippen molar-refractivity contribution in [3.8, 4) is 0 Å². The van der Waals surface area contributed by atoms with Crippen LogP contribution in [-0.2, 0) is 11.3 Å². The fourth-order valence-corrected chi connectivity index (χ4v) is 2.17. The van der Waals surface area contributed by atoms with E-state index >= 15 is 0 Å². The average Bonchev–Trinajstić information content (AvgIpc) is 2.77. The molecule has 1 N–H and O–H groups in total. The van der Waals surface area contributed by atoms with Crippen LogP contribution >= 0.6 is 11.8 Å². The van der Waals surface area contributed by atoms with Gasteiger partial charge in [-0.25, -0.2) is 4.68 Å². The van der Waals surface area contributed by atoms with Gasteiger partial charge in [-0.3, -0.25) is 0 Å². The molecule has 1 aromatic heterocycles. The summed E-state index contributed by atoms with van der Waals surface area (Å²) in [5, 5.41) is 16.0. The monoisotopic (exact) mass is 287 g/mol. The lowest BCUT2D eigenvalue weighted by Gasteiger charge is -2.08. The van der Waals surface area contributed by atoms with E-state index in [0.717, 1.165) is 37.2 Å². The molecule has 1 rings (SSSR count). The number of nitrogens with zero attached hydrogens (tertiary/aromatic N) is 4. The minimum absolute atomic E-state index is 0.275. The molecular weight excluding hydrogens is 262 g/mol. The first kappa shape index (κ1) is 16.4. The average molecular weight is 287 g/mol. The highest BCUT2D eigenvalue weighted by Crippen LogP contribution is 2.13. The largest absolute Gasteiger partial charge is 0.378 e. The Morgan fingerprint density at radius 2 is 2.11 bits per heavy atom. The Bertz CT molecular complexity index is 312. The maximum atomic E-state index is 5.49. The Morgan fingerprint density at radius 1 is 1.32 bits per heavy atom. The highest BCUT2D eigenvalue weighted by molar-refractivity contribution is 7.99. The maximum absolute atomic E-state index is 5.49. The van der Waals surface area contributed by atoms with E-state index in [2.05, 4.69) is 34.7 Å². The zero-order chi connectivity index (χ0) is 14.1. The van der Waals surface area contributed by atoms with Gasteiger partial charge in [0.05, 0.1) is 19.3 Å². The van der Waals surface area contributed by atoms with E-state index in [1.54, 1.807) is 11.8 Å². The third-order valence-corrected chi connectivity index (χ3v) is 3.24. The van der Waals surface area contributed by atoms with Gasteiger partial charge in [0.1, 0.15) is 0 Å². The Balaban J connectivity index is 2.22. The molecule has 0 amide bonds. The minimum atomic E-state index is 0.275. The van der Waals surface area contributed by atoms with Gasteiger partial charge >= 0.3 is 0 Å². The standard InChI is InChI=1S/C12H25N5OS/c1-10(2)9-13-5-6-17-12(14-15-16-17)19-8-7-18-11(3)4/h10-11,13H,5-9H2,1-4H3. The summed E-state index contributed by atoms with van der Waals surface area (Å²) in [5.41, 5.74) is 0. The van der Waals surface area contributed by atoms with E-state index in [1.165, 1.54) is 0 Å². The zero-order valence-corrected chi connectivity index (χ0v) is 13.1. The number of hydrogen-bond donors (Lipinski definition) is 1. The summed E-state index contributed by atoms with van der Waals surface area (Å²) in [7, 11) is 0. The molecule has 0 fully saturated rings. The number of ether oxygens (including phenoxy) is 1. The van der Waals surface area contributed by atoms with Crippen molar-refractivity contribution in [1.29, 1.82) is 0 Å². The van der Waals surface area contributed by atoms with E-state index in [1.807, 2.05) is 18.5 Å². The molecule has 0 radical (unpaired) electrons. The molecule has 0 saturated heterocycles. The van der Waals surface area contributed by atoms with Gasteiger partial charge in [-0.15, -0.1) is 5.10 Å². The van der Waals surface area contributed by atoms with Crippen LogP contribution in [0.2, 0.25) is 0 Å². The summed E-state index contributed by atoms with van der Waals surface area (Å²) in [6.45, 7) is 11.9. The van der Waals surface area contributed by atoms with Crippen LogP contribution in [-0.4, -0.2) is 51.8 Å². The smallest absolute Gasteiger partial charge is 0.209 e. The van der Waals surface area contributed by atoms with Gasteiger partial charge < -0.3 is 10.1 Å². The molecular formula is C12H25N5OS. The van der Waals surface area contributed by atoms with Crippen LogP contribution in [0.3, 0.4) is 0 Å². The number of rotatable bonds is 10. The van der Waals surface area contributed by atoms with Crippen LogP contribution in [0.5, 0.6) is 0 Å². The molecule has 0 aliphatic heterocycles. The predicted octanol–water partition coefficient (Wildman–Crippen LogP) is 1.44. The van der Waals surface area contributed by atoms with Gasteiger partial charge in [0.2, 0.25) is 5.16 Å². The summed E-state index contributed by atoms with van der Waals surface area (Å²) in [4.78, 5) is 0. The van der Waals surface area contributed by atoms with Crippen molar-refractivity contribution in [1.82, 2.24) is 25.5 Å². The first-order valence-corrected chi connectivity index (χ1v) is 7.79. The van der Waals surface area contributed by atoms with Crippen molar-refractivity contribution in [2.75, 3.05) is 25.4 Å². The topological polar surface area (TPSA) is 64.9 Å². The lowest BCUT2D eigenvalue weighted by atomic mass is 10.2. The molecule has 0 spiro atoms. The Kier molecular flexibility index (Phi) is 8.00. The van der Waals surface area contributed by atoms with Crippen LogP contribution in [0.4, 0.5) is 0 Å². The van der Waals surface area contributed by atoms with Gasteiger partial charge in [0.25, 0.3) is 0 Å². The quantitative estimate of drug-likeness (QED) is 0.519. The van der Waals surface area contributed by atoms with Gasteiger partial charge in [0, 0.05) is 12.3 Å². The summed E-state index contributed by atoms with van der Waals surface area (Å²) < 4.78 is 7.33. The molecule has 0 atom stereocenters. The third kappa shape index (κ3) is 7.49. The van der Waals surface area contributed by atoms with Crippen molar-refractivity contribution in [3.05, 3.63) is 0 Å². The van der Waals surface area contributed by atoms with Crippen molar-refractivity contribution >= 4 is 11.8 Å². The molecule has 1 aromatic rings. The molecule has 6 nitrogen and oxygen atoms in total. The molecule has 1 heterocycles. The second kappa shape index (κ2) is 9.28. The van der Waals surface area contributed by atoms with E-state index in [4.69, 9.17) is 4.74 Å². The Labute approximate surface area is 119 Å². The van der Waals surface area contributed by atoms with Gasteiger partial charge in [-0.1, -0.05) is 25.6 Å². The molecule has 7 heteroatoms. The second-order valence-corrected chi connectivity index (χ2v) is 6.11. The summed E-state index contributed by atoms with van der Waals surface area (Å²) in [6, 6.07) is 0. The van der Waals surface area contributed by atoms with E-state index in [0.29, 0.717) is 5.92 Å². The van der Waals surface area contributed by atoms with Crippen LogP contribution in [0, 0.1) is 5.92 Å². The van der Waals surface area contributed by atoms with Crippen molar-refractivity contribution in [2.45, 2.75) is 45.5 Å². The van der Waals surface area contributed by atoms with Gasteiger partial charge in [0.15, 0.2) is 0 Å². The lowest BCUT2D eigenvalue weighted by molar-refractivity contribution is 0.0920. The fourth-order valence-electron chi connectivity index (χ4n) is 1.43. The predicted molar refractivity (Wildman–Crippen MR) is 77.3 cm³/mol. The van der Waals surface area contributed by atoms with Crippen LogP contribution in [0.15, 0.2) is 5.16 Å². The van der Waals surface area contributed by atoms with Gasteiger partial charge in [-0.2, -0.15) is 0 Å². The first-order chi connectivity index (χ1) is 9.09. The number of hydrogen-bond acceptors (Lipinski definition) is 6. The third-order valence-electron chi connectivity index (χ3n) is 2.32. The number of tetrazole rings is 1. The van der Waals surface area contributed by atoms with Crippen LogP contribution < -0.4 is 5.32 Å². The second-order valence-electron chi connectivity index (χ2n) is 5.05. The first-order valence-electron chi connectivity index (χ1n) is 6.81. The fraction of sp³-hybridized carbons (Fsp3) is 0.917. The molecule has 0 unspecified atom stereocenters.